The van der Waals surface area contributed by atoms with Crippen LogP contribution in [-0.2, 0) is 4.79 Å². The van der Waals surface area contributed by atoms with E-state index in [1.54, 1.807) is 0 Å². The lowest BCUT2D eigenvalue weighted by atomic mass is 9.97. The number of aromatic nitrogens is 1. The van der Waals surface area contributed by atoms with Crippen molar-refractivity contribution in [1.82, 2.24) is 15.4 Å². The molecule has 3 rings (SSSR count). The van der Waals surface area contributed by atoms with Gasteiger partial charge in [0.2, 0.25) is 5.91 Å². The summed E-state index contributed by atoms with van der Waals surface area (Å²) in [6, 6.07) is 2.05. The molecule has 104 valence electrons. The molecule has 0 bridgehead atoms. The number of hydrogen-bond donors (Lipinski definition) is 1. The summed E-state index contributed by atoms with van der Waals surface area (Å²) >= 11 is 0. The SMILES string of the molecule is Cc1cc(C2CCCN2C(=O)C2CCCNC2)on1. The third kappa shape index (κ3) is 2.52. The number of likely N-dealkylation sites (tertiary alicyclic amines) is 1. The topological polar surface area (TPSA) is 58.4 Å². The Labute approximate surface area is 113 Å². The second kappa shape index (κ2) is 5.33. The molecule has 1 amide bonds. The normalized spacial score (nSPS) is 27.7. The monoisotopic (exact) mass is 263 g/mol. The van der Waals surface area contributed by atoms with Crippen LogP contribution >= 0.6 is 0 Å². The van der Waals surface area contributed by atoms with Crippen LogP contribution in [0.1, 0.15) is 43.2 Å². The van der Waals surface area contributed by atoms with Gasteiger partial charge in [-0.1, -0.05) is 5.16 Å². The molecular formula is C14H21N3O2. The Bertz CT molecular complexity index is 451. The van der Waals surface area contributed by atoms with E-state index >= 15 is 0 Å². The zero-order valence-electron chi connectivity index (χ0n) is 11.4. The third-order valence-electron chi connectivity index (χ3n) is 4.16. The van der Waals surface area contributed by atoms with Crippen molar-refractivity contribution >= 4 is 5.91 Å². The predicted molar refractivity (Wildman–Crippen MR) is 70.5 cm³/mol. The second-order valence-electron chi connectivity index (χ2n) is 5.60. The maximum atomic E-state index is 12.6. The highest BCUT2D eigenvalue weighted by Gasteiger charge is 2.36. The lowest BCUT2D eigenvalue weighted by Crippen LogP contribution is -2.42. The molecule has 1 aromatic rings. The van der Waals surface area contributed by atoms with Gasteiger partial charge in [-0.3, -0.25) is 4.79 Å². The van der Waals surface area contributed by atoms with Crippen LogP contribution in [0.5, 0.6) is 0 Å². The van der Waals surface area contributed by atoms with Crippen molar-refractivity contribution in [3.8, 4) is 0 Å². The van der Waals surface area contributed by atoms with E-state index in [1.807, 2.05) is 17.9 Å². The summed E-state index contributed by atoms with van der Waals surface area (Å²) in [7, 11) is 0. The number of piperidine rings is 1. The molecule has 2 saturated heterocycles. The van der Waals surface area contributed by atoms with Gasteiger partial charge in [0.05, 0.1) is 17.7 Å². The minimum atomic E-state index is 0.0932. The maximum Gasteiger partial charge on any atom is 0.227 e. The van der Waals surface area contributed by atoms with E-state index in [-0.39, 0.29) is 17.9 Å². The zero-order valence-corrected chi connectivity index (χ0v) is 11.4. The van der Waals surface area contributed by atoms with Gasteiger partial charge in [0.1, 0.15) is 0 Å². The van der Waals surface area contributed by atoms with Crippen molar-refractivity contribution in [3.63, 3.8) is 0 Å². The second-order valence-corrected chi connectivity index (χ2v) is 5.60. The van der Waals surface area contributed by atoms with Crippen molar-refractivity contribution in [2.24, 2.45) is 5.92 Å². The zero-order chi connectivity index (χ0) is 13.2. The first-order valence-corrected chi connectivity index (χ1v) is 7.20. The van der Waals surface area contributed by atoms with Gasteiger partial charge in [-0.15, -0.1) is 0 Å². The van der Waals surface area contributed by atoms with Gasteiger partial charge >= 0.3 is 0 Å². The fraction of sp³-hybridized carbons (Fsp3) is 0.714. The van der Waals surface area contributed by atoms with Crippen LogP contribution in [0.4, 0.5) is 0 Å². The van der Waals surface area contributed by atoms with Gasteiger partial charge in [0.25, 0.3) is 0 Å². The highest BCUT2D eigenvalue weighted by Crippen LogP contribution is 2.34. The standard InChI is InChI=1S/C14H21N3O2/c1-10-8-13(19-16-10)12-5-3-7-17(12)14(18)11-4-2-6-15-9-11/h8,11-12,15H,2-7,9H2,1H3. The number of nitrogens with zero attached hydrogens (tertiary/aromatic N) is 2. The molecule has 0 saturated carbocycles. The van der Waals surface area contributed by atoms with Gasteiger partial charge in [0.15, 0.2) is 5.76 Å². The molecule has 2 aliphatic heterocycles. The first-order valence-electron chi connectivity index (χ1n) is 7.20. The van der Waals surface area contributed by atoms with E-state index in [2.05, 4.69) is 10.5 Å². The van der Waals surface area contributed by atoms with Crippen LogP contribution in [0.25, 0.3) is 0 Å². The van der Waals surface area contributed by atoms with Crippen LogP contribution in [0.2, 0.25) is 0 Å². The van der Waals surface area contributed by atoms with Crippen LogP contribution in [0.3, 0.4) is 0 Å². The molecular weight excluding hydrogens is 242 g/mol. The molecule has 3 heterocycles. The number of rotatable bonds is 2. The first-order chi connectivity index (χ1) is 9.25. The van der Waals surface area contributed by atoms with Gasteiger partial charge < -0.3 is 14.7 Å². The fourth-order valence-corrected chi connectivity index (χ4v) is 3.16. The summed E-state index contributed by atoms with van der Waals surface area (Å²) in [6.07, 6.45) is 4.14. The van der Waals surface area contributed by atoms with Crippen molar-refractivity contribution in [1.29, 1.82) is 0 Å². The Kier molecular flexibility index (Phi) is 3.55. The van der Waals surface area contributed by atoms with Crippen LogP contribution in [-0.4, -0.2) is 35.6 Å². The number of carbonyl (C=O) groups excluding carboxylic acids is 1. The van der Waals surface area contributed by atoms with Crippen molar-refractivity contribution in [2.45, 2.75) is 38.6 Å². The maximum absolute atomic E-state index is 12.6. The highest BCUT2D eigenvalue weighted by molar-refractivity contribution is 5.80. The number of nitrogens with one attached hydrogen (secondary N) is 1. The molecule has 5 heteroatoms. The number of amides is 1. The average molecular weight is 263 g/mol. The number of carbonyl (C=O) groups is 1. The fourth-order valence-electron chi connectivity index (χ4n) is 3.16. The van der Waals surface area contributed by atoms with Gasteiger partial charge in [-0.25, -0.2) is 0 Å². The largest absolute Gasteiger partial charge is 0.359 e. The molecule has 0 aliphatic carbocycles. The molecule has 0 spiro atoms. The smallest absolute Gasteiger partial charge is 0.227 e. The number of hydrogen-bond acceptors (Lipinski definition) is 4. The van der Waals surface area contributed by atoms with E-state index in [0.717, 1.165) is 56.8 Å². The van der Waals surface area contributed by atoms with E-state index in [0.29, 0.717) is 0 Å². The quantitative estimate of drug-likeness (QED) is 0.881. The molecule has 2 aliphatic rings. The van der Waals surface area contributed by atoms with Crippen molar-refractivity contribution in [3.05, 3.63) is 17.5 Å². The average Bonchev–Trinajstić information content (AvgIpc) is 3.07. The Morgan fingerprint density at radius 1 is 1.47 bits per heavy atom. The summed E-state index contributed by atoms with van der Waals surface area (Å²) < 4.78 is 5.36. The molecule has 2 unspecified atom stereocenters. The Balaban J connectivity index is 1.73. The first kappa shape index (κ1) is 12.7. The van der Waals surface area contributed by atoms with E-state index in [1.165, 1.54) is 0 Å². The van der Waals surface area contributed by atoms with Gasteiger partial charge in [0, 0.05) is 19.2 Å². The third-order valence-corrected chi connectivity index (χ3v) is 4.16. The summed E-state index contributed by atoms with van der Waals surface area (Å²) in [6.45, 7) is 4.62. The highest BCUT2D eigenvalue weighted by atomic mass is 16.5. The lowest BCUT2D eigenvalue weighted by Gasteiger charge is -2.29. The molecule has 5 nitrogen and oxygen atoms in total. The minimum absolute atomic E-state index is 0.0932. The van der Waals surface area contributed by atoms with E-state index < -0.39 is 0 Å². The Hall–Kier alpha value is -1.36. The predicted octanol–water partition coefficient (Wildman–Crippen LogP) is 1.65. The molecule has 1 aromatic heterocycles. The minimum Gasteiger partial charge on any atom is -0.359 e. The summed E-state index contributed by atoms with van der Waals surface area (Å²) in [5, 5.41) is 7.26. The van der Waals surface area contributed by atoms with Crippen LogP contribution < -0.4 is 5.32 Å². The molecule has 2 fully saturated rings. The molecule has 0 radical (unpaired) electrons. The van der Waals surface area contributed by atoms with Crippen molar-refractivity contribution < 1.29 is 9.32 Å². The van der Waals surface area contributed by atoms with Gasteiger partial charge in [-0.05, 0) is 39.2 Å². The van der Waals surface area contributed by atoms with Crippen LogP contribution in [0, 0.1) is 12.8 Å². The molecule has 1 N–H and O–H groups in total. The van der Waals surface area contributed by atoms with Crippen molar-refractivity contribution in [2.75, 3.05) is 19.6 Å². The summed E-state index contributed by atoms with van der Waals surface area (Å²) in [4.78, 5) is 14.6. The molecule has 19 heavy (non-hydrogen) atoms. The summed E-state index contributed by atoms with van der Waals surface area (Å²) in [5.41, 5.74) is 0.883. The Morgan fingerprint density at radius 2 is 2.37 bits per heavy atom. The van der Waals surface area contributed by atoms with Crippen LogP contribution in [0.15, 0.2) is 10.6 Å². The Morgan fingerprint density at radius 3 is 3.05 bits per heavy atom. The molecule has 0 aromatic carbocycles. The molecule has 2 atom stereocenters. The van der Waals surface area contributed by atoms with E-state index in [4.69, 9.17) is 4.52 Å². The van der Waals surface area contributed by atoms with E-state index in [9.17, 15) is 4.79 Å². The van der Waals surface area contributed by atoms with Gasteiger partial charge in [-0.2, -0.15) is 0 Å². The lowest BCUT2D eigenvalue weighted by molar-refractivity contribution is -0.137. The number of aryl methyl sites for hydroxylation is 1. The summed E-state index contributed by atoms with van der Waals surface area (Å²) in [5.74, 6) is 1.26.